The van der Waals surface area contributed by atoms with Gasteiger partial charge in [0, 0.05) is 6.42 Å². The molecule has 0 bridgehead atoms. The van der Waals surface area contributed by atoms with Crippen LogP contribution in [0.2, 0.25) is 0 Å². The molecule has 0 radical (unpaired) electrons. The Morgan fingerprint density at radius 2 is 1.89 bits per heavy atom. The third-order valence-electron chi connectivity index (χ3n) is 6.93. The second-order valence-corrected chi connectivity index (χ2v) is 13.0. The van der Waals surface area contributed by atoms with E-state index in [4.69, 9.17) is 29.0 Å². The molecular weight excluding hydrogens is 591 g/mol. The molecule has 3 aromatic rings. The summed E-state index contributed by atoms with van der Waals surface area (Å²) in [5.41, 5.74) is 3.67. The summed E-state index contributed by atoms with van der Waals surface area (Å²) in [6.45, 7) is 9.33. The quantitative estimate of drug-likeness (QED) is 0.217. The number of carbonyl (C=O) groups excluding carboxylic acids is 2. The van der Waals surface area contributed by atoms with Gasteiger partial charge in [-0.15, -0.1) is 0 Å². The summed E-state index contributed by atoms with van der Waals surface area (Å²) in [4.78, 5) is 29.4. The summed E-state index contributed by atoms with van der Waals surface area (Å²) >= 11 is 0. The molecule has 2 aromatic heterocycles. The second kappa shape index (κ2) is 12.9. The molecule has 4 rings (SSSR count). The minimum absolute atomic E-state index is 0.118. The van der Waals surface area contributed by atoms with E-state index in [-0.39, 0.29) is 18.0 Å². The number of esters is 2. The van der Waals surface area contributed by atoms with Crippen molar-refractivity contribution in [2.24, 2.45) is 5.92 Å². The third-order valence-corrected chi connectivity index (χ3v) is 8.57. The summed E-state index contributed by atoms with van der Waals surface area (Å²) in [5.74, 6) is -1.29. The predicted molar refractivity (Wildman–Crippen MR) is 158 cm³/mol. The number of rotatable bonds is 12. The Labute approximate surface area is 255 Å². The van der Waals surface area contributed by atoms with Crippen LogP contribution in [0.1, 0.15) is 53.7 Å². The number of benzene rings is 1. The molecule has 14 nitrogen and oxygen atoms in total. The van der Waals surface area contributed by atoms with Crippen molar-refractivity contribution in [3.8, 4) is 11.8 Å². The highest BCUT2D eigenvalue weighted by molar-refractivity contribution is 7.52. The van der Waals surface area contributed by atoms with Gasteiger partial charge in [-0.05, 0) is 52.0 Å². The summed E-state index contributed by atoms with van der Waals surface area (Å²) < 4.78 is 44.7. The standard InChI is InChI=1S/C29H37N6O8P/c1-18(2)26(36)42-28(6)15-29(16-30,23-13-12-22-25(31)32-17-33-35(22)23)41-24(28)14-39-44(38,43-21-10-8-7-9-11-21)34-20(5)27(37)40-19(3)4/h7-13,17-20,24H,14-15H2,1-6H3,(H,34,38)(H2,31,32,33)/t20-,24-,28+,29+,44?/m1/s1. The first-order valence-electron chi connectivity index (χ1n) is 14.1. The van der Waals surface area contributed by atoms with E-state index in [0.717, 1.165) is 0 Å². The monoisotopic (exact) mass is 628 g/mol. The molecule has 1 fully saturated rings. The third kappa shape index (κ3) is 7.03. The maximum atomic E-state index is 14.1. The zero-order valence-electron chi connectivity index (χ0n) is 25.4. The normalized spacial score (nSPS) is 23.7. The van der Waals surface area contributed by atoms with Crippen molar-refractivity contribution in [2.45, 2.75) is 77.4 Å². The lowest BCUT2D eigenvalue weighted by Gasteiger charge is -2.31. The first-order chi connectivity index (χ1) is 20.7. The van der Waals surface area contributed by atoms with Gasteiger partial charge in [0.15, 0.2) is 5.82 Å². The number of carbonyl (C=O) groups is 2. The molecule has 44 heavy (non-hydrogen) atoms. The van der Waals surface area contributed by atoms with Crippen LogP contribution in [-0.4, -0.2) is 57.0 Å². The zero-order valence-corrected chi connectivity index (χ0v) is 26.3. The van der Waals surface area contributed by atoms with Crippen molar-refractivity contribution in [1.29, 1.82) is 5.26 Å². The number of ether oxygens (including phenoxy) is 3. The van der Waals surface area contributed by atoms with Crippen LogP contribution in [0.3, 0.4) is 0 Å². The number of anilines is 1. The maximum absolute atomic E-state index is 14.1. The Morgan fingerprint density at radius 3 is 2.52 bits per heavy atom. The van der Waals surface area contributed by atoms with Crippen molar-refractivity contribution >= 4 is 31.0 Å². The van der Waals surface area contributed by atoms with E-state index in [1.54, 1.807) is 77.1 Å². The highest BCUT2D eigenvalue weighted by atomic mass is 31.2. The number of nitrogens with one attached hydrogen (secondary N) is 1. The second-order valence-electron chi connectivity index (χ2n) is 11.3. The minimum atomic E-state index is -4.31. The highest BCUT2D eigenvalue weighted by Crippen LogP contribution is 2.50. The van der Waals surface area contributed by atoms with Crippen LogP contribution in [0.25, 0.3) is 5.52 Å². The maximum Gasteiger partial charge on any atom is 0.459 e. The fraction of sp³-hybridized carbons (Fsp3) is 0.483. The number of nitrogens with zero attached hydrogens (tertiary/aromatic N) is 4. The van der Waals surface area contributed by atoms with Crippen LogP contribution >= 0.6 is 7.75 Å². The Kier molecular flexibility index (Phi) is 9.65. The number of hydrogen-bond donors (Lipinski definition) is 2. The Hall–Kier alpha value is -4.02. The molecular formula is C29H37N6O8P. The molecule has 236 valence electrons. The Morgan fingerprint density at radius 1 is 1.18 bits per heavy atom. The molecule has 1 unspecified atom stereocenters. The highest BCUT2D eigenvalue weighted by Gasteiger charge is 2.59. The molecule has 0 saturated carbocycles. The van der Waals surface area contributed by atoms with Gasteiger partial charge in [0.05, 0.1) is 24.3 Å². The van der Waals surface area contributed by atoms with Gasteiger partial charge in [0.25, 0.3) is 0 Å². The SMILES string of the molecule is CC(C)OC(=O)[C@@H](C)NP(=O)(OC[C@H]1O[C@@](C#N)(c2ccc3c(N)ncnn23)C[C@]1(C)OC(=O)C(C)C)Oc1ccccc1. The summed E-state index contributed by atoms with van der Waals surface area (Å²) in [7, 11) is -4.31. The number of fused-ring (bicyclic) bond motifs is 1. The average molecular weight is 629 g/mol. The van der Waals surface area contributed by atoms with Gasteiger partial charge in [0.2, 0.25) is 5.60 Å². The molecule has 0 aliphatic carbocycles. The molecule has 1 aliphatic rings. The van der Waals surface area contributed by atoms with Gasteiger partial charge in [-0.25, -0.2) is 14.1 Å². The predicted octanol–water partition coefficient (Wildman–Crippen LogP) is 3.91. The smallest absolute Gasteiger partial charge is 0.459 e. The van der Waals surface area contributed by atoms with Gasteiger partial charge < -0.3 is 24.5 Å². The van der Waals surface area contributed by atoms with E-state index in [9.17, 15) is 19.4 Å². The molecule has 3 heterocycles. The van der Waals surface area contributed by atoms with Crippen molar-refractivity contribution < 1.29 is 37.4 Å². The number of hydrogen-bond acceptors (Lipinski definition) is 12. The Bertz CT molecular complexity index is 1590. The van der Waals surface area contributed by atoms with Crippen molar-refractivity contribution in [1.82, 2.24) is 19.7 Å². The largest absolute Gasteiger partial charge is 0.462 e. The first kappa shape index (κ1) is 32.9. The van der Waals surface area contributed by atoms with Crippen LogP contribution in [0, 0.1) is 17.2 Å². The van der Waals surface area contributed by atoms with E-state index in [1.165, 1.54) is 17.8 Å². The molecule has 15 heteroatoms. The molecule has 0 amide bonds. The van der Waals surface area contributed by atoms with Crippen molar-refractivity contribution in [3.63, 3.8) is 0 Å². The number of nitriles is 1. The number of nitrogen functional groups attached to an aromatic ring is 1. The number of para-hydroxylation sites is 1. The van der Waals surface area contributed by atoms with E-state index in [0.29, 0.717) is 11.2 Å². The Balaban J connectivity index is 1.68. The van der Waals surface area contributed by atoms with Gasteiger partial charge >= 0.3 is 19.7 Å². The van der Waals surface area contributed by atoms with Crippen molar-refractivity contribution in [2.75, 3.05) is 12.3 Å². The van der Waals surface area contributed by atoms with Crippen molar-refractivity contribution in [3.05, 3.63) is 54.5 Å². The lowest BCUT2D eigenvalue weighted by atomic mass is 9.87. The molecule has 1 saturated heterocycles. The summed E-state index contributed by atoms with van der Waals surface area (Å²) in [5, 5.41) is 17.4. The topological polar surface area (TPSA) is 189 Å². The molecule has 0 spiro atoms. The van der Waals surface area contributed by atoms with E-state index < -0.39 is 61.7 Å². The van der Waals surface area contributed by atoms with Crippen LogP contribution in [0.15, 0.2) is 48.8 Å². The van der Waals surface area contributed by atoms with Crippen LogP contribution in [-0.2, 0) is 38.5 Å². The summed E-state index contributed by atoms with van der Waals surface area (Å²) in [6.07, 6.45) is -0.399. The average Bonchev–Trinajstić information content (AvgIpc) is 3.52. The molecule has 1 aromatic carbocycles. The van der Waals surface area contributed by atoms with Crippen LogP contribution in [0.5, 0.6) is 5.75 Å². The number of nitrogens with two attached hydrogens (primary N) is 1. The summed E-state index contributed by atoms with van der Waals surface area (Å²) in [6, 6.07) is 12.7. The molecule has 3 N–H and O–H groups in total. The van der Waals surface area contributed by atoms with Gasteiger partial charge in [0.1, 0.15) is 41.4 Å². The minimum Gasteiger partial charge on any atom is -0.462 e. The van der Waals surface area contributed by atoms with E-state index in [2.05, 4.69) is 21.2 Å². The lowest BCUT2D eigenvalue weighted by Crippen LogP contribution is -2.44. The van der Waals surface area contributed by atoms with Gasteiger partial charge in [-0.1, -0.05) is 32.0 Å². The van der Waals surface area contributed by atoms with Gasteiger partial charge in [-0.2, -0.15) is 15.4 Å². The number of aromatic nitrogens is 3. The molecule has 1 aliphatic heterocycles. The lowest BCUT2D eigenvalue weighted by molar-refractivity contribution is -0.169. The van der Waals surface area contributed by atoms with E-state index >= 15 is 0 Å². The van der Waals surface area contributed by atoms with Crippen LogP contribution < -0.4 is 15.3 Å². The van der Waals surface area contributed by atoms with Gasteiger partial charge in [-0.3, -0.25) is 14.1 Å². The zero-order chi connectivity index (χ0) is 32.3. The fourth-order valence-electron chi connectivity index (χ4n) is 4.71. The van der Waals surface area contributed by atoms with Crippen LogP contribution in [0.4, 0.5) is 5.82 Å². The molecule has 5 atom stereocenters. The van der Waals surface area contributed by atoms with E-state index in [1.807, 2.05) is 0 Å². The first-order valence-corrected chi connectivity index (χ1v) is 15.6. The fourth-order valence-corrected chi connectivity index (χ4v) is 6.20.